The lowest BCUT2D eigenvalue weighted by Gasteiger charge is -2.08. The molecule has 2 N–H and O–H groups in total. The normalized spacial score (nSPS) is 10.1. The largest absolute Gasteiger partial charge is 0.398 e. The quantitative estimate of drug-likeness (QED) is 0.556. The number of Topliss-reactive ketones (excluding diaryl/α,β-unsaturated/α-hetero) is 1. The van der Waals surface area contributed by atoms with Gasteiger partial charge in [0.05, 0.1) is 0 Å². The van der Waals surface area contributed by atoms with E-state index in [4.69, 9.17) is 5.73 Å². The Bertz CT molecular complexity index is 342. The van der Waals surface area contributed by atoms with Crippen LogP contribution in [0.25, 0.3) is 0 Å². The third-order valence-corrected chi connectivity index (χ3v) is 2.27. The molecule has 13 heavy (non-hydrogen) atoms. The Hall–Kier alpha value is -1.31. The molecule has 1 rings (SSSR count). The topological polar surface area (TPSA) is 43.1 Å². The number of anilines is 1. The van der Waals surface area contributed by atoms with E-state index in [2.05, 4.69) is 6.92 Å². The van der Waals surface area contributed by atoms with E-state index < -0.39 is 0 Å². The molecule has 2 heteroatoms. The first-order valence-corrected chi connectivity index (χ1v) is 4.46. The standard InChI is InChI=1S/C11H15NO/c1-4-9-6-11(12)10(8(3)13)5-7(9)2/h5-6H,4,12H2,1-3H3. The zero-order valence-corrected chi connectivity index (χ0v) is 8.35. The van der Waals surface area contributed by atoms with Gasteiger partial charge in [0.15, 0.2) is 5.78 Å². The van der Waals surface area contributed by atoms with Crippen LogP contribution in [-0.4, -0.2) is 5.78 Å². The molecule has 0 bridgehead atoms. The number of carbonyl (C=O) groups is 1. The molecular weight excluding hydrogens is 162 g/mol. The molecule has 1 aromatic rings. The van der Waals surface area contributed by atoms with Crippen molar-refractivity contribution in [3.63, 3.8) is 0 Å². The van der Waals surface area contributed by atoms with Gasteiger partial charge < -0.3 is 5.73 Å². The van der Waals surface area contributed by atoms with Crippen LogP contribution in [0.1, 0.15) is 35.3 Å². The van der Waals surface area contributed by atoms with Crippen molar-refractivity contribution < 1.29 is 4.79 Å². The predicted octanol–water partition coefficient (Wildman–Crippen LogP) is 2.34. The number of nitrogens with two attached hydrogens (primary N) is 1. The number of hydrogen-bond acceptors (Lipinski definition) is 2. The SMILES string of the molecule is CCc1cc(N)c(C(C)=O)cc1C. The number of ketones is 1. The van der Waals surface area contributed by atoms with Crippen molar-refractivity contribution in [3.8, 4) is 0 Å². The average Bonchev–Trinajstić information content (AvgIpc) is 2.07. The molecule has 0 spiro atoms. The molecular formula is C11H15NO. The van der Waals surface area contributed by atoms with E-state index in [-0.39, 0.29) is 5.78 Å². The first-order chi connectivity index (χ1) is 6.06. The predicted molar refractivity (Wildman–Crippen MR) is 55.0 cm³/mol. The fourth-order valence-corrected chi connectivity index (χ4v) is 1.46. The van der Waals surface area contributed by atoms with Gasteiger partial charge in [0.2, 0.25) is 0 Å². The molecule has 0 aromatic heterocycles. The third kappa shape index (κ3) is 1.89. The van der Waals surface area contributed by atoms with Gasteiger partial charge in [-0.15, -0.1) is 0 Å². The van der Waals surface area contributed by atoms with Crippen LogP contribution in [0.2, 0.25) is 0 Å². The number of hydrogen-bond donors (Lipinski definition) is 1. The Kier molecular flexibility index (Phi) is 2.71. The van der Waals surface area contributed by atoms with Crippen molar-refractivity contribution in [2.24, 2.45) is 0 Å². The third-order valence-electron chi connectivity index (χ3n) is 2.27. The Morgan fingerprint density at radius 1 is 1.46 bits per heavy atom. The lowest BCUT2D eigenvalue weighted by atomic mass is 10.00. The number of benzene rings is 1. The summed E-state index contributed by atoms with van der Waals surface area (Å²) < 4.78 is 0. The summed E-state index contributed by atoms with van der Waals surface area (Å²) in [6.45, 7) is 5.62. The maximum Gasteiger partial charge on any atom is 0.161 e. The Morgan fingerprint density at radius 3 is 2.54 bits per heavy atom. The summed E-state index contributed by atoms with van der Waals surface area (Å²) in [6, 6.07) is 3.77. The maximum atomic E-state index is 11.1. The molecule has 0 radical (unpaired) electrons. The second kappa shape index (κ2) is 3.60. The zero-order chi connectivity index (χ0) is 10.0. The summed E-state index contributed by atoms with van der Waals surface area (Å²) in [7, 11) is 0. The van der Waals surface area contributed by atoms with Crippen LogP contribution in [0.15, 0.2) is 12.1 Å². The van der Waals surface area contributed by atoms with E-state index in [1.807, 2.05) is 19.1 Å². The van der Waals surface area contributed by atoms with Crippen LogP contribution >= 0.6 is 0 Å². The molecule has 2 nitrogen and oxygen atoms in total. The molecule has 0 atom stereocenters. The van der Waals surface area contributed by atoms with Crippen molar-refractivity contribution in [2.75, 3.05) is 5.73 Å². The minimum absolute atomic E-state index is 0.0308. The molecule has 0 aliphatic rings. The molecule has 0 heterocycles. The molecule has 0 aliphatic carbocycles. The van der Waals surface area contributed by atoms with Crippen LogP contribution < -0.4 is 5.73 Å². The van der Waals surface area contributed by atoms with E-state index in [0.29, 0.717) is 11.3 Å². The van der Waals surface area contributed by atoms with Crippen LogP contribution in [-0.2, 0) is 6.42 Å². The zero-order valence-electron chi connectivity index (χ0n) is 8.35. The second-order valence-corrected chi connectivity index (χ2v) is 3.28. The number of rotatable bonds is 2. The van der Waals surface area contributed by atoms with Gasteiger partial charge in [-0.3, -0.25) is 4.79 Å². The number of carbonyl (C=O) groups excluding carboxylic acids is 1. The number of nitrogen functional groups attached to an aromatic ring is 1. The summed E-state index contributed by atoms with van der Waals surface area (Å²) in [6.07, 6.45) is 0.953. The summed E-state index contributed by atoms with van der Waals surface area (Å²) in [5.74, 6) is 0.0308. The Balaban J connectivity index is 3.28. The molecule has 0 amide bonds. The smallest absolute Gasteiger partial charge is 0.161 e. The van der Waals surface area contributed by atoms with E-state index in [9.17, 15) is 4.79 Å². The van der Waals surface area contributed by atoms with E-state index >= 15 is 0 Å². The highest BCUT2D eigenvalue weighted by atomic mass is 16.1. The van der Waals surface area contributed by atoms with Gasteiger partial charge in [0, 0.05) is 11.3 Å². The Morgan fingerprint density at radius 2 is 2.08 bits per heavy atom. The van der Waals surface area contributed by atoms with Gasteiger partial charge in [-0.2, -0.15) is 0 Å². The van der Waals surface area contributed by atoms with Crippen LogP contribution in [0.3, 0.4) is 0 Å². The lowest BCUT2D eigenvalue weighted by molar-refractivity contribution is 0.101. The van der Waals surface area contributed by atoms with Crippen LogP contribution in [0.5, 0.6) is 0 Å². The van der Waals surface area contributed by atoms with Gasteiger partial charge in [0.1, 0.15) is 0 Å². The van der Waals surface area contributed by atoms with Gasteiger partial charge >= 0.3 is 0 Å². The van der Waals surface area contributed by atoms with Crippen molar-refractivity contribution in [1.29, 1.82) is 0 Å². The highest BCUT2D eigenvalue weighted by Gasteiger charge is 2.07. The molecule has 0 fully saturated rings. The van der Waals surface area contributed by atoms with Crippen molar-refractivity contribution in [1.82, 2.24) is 0 Å². The van der Waals surface area contributed by atoms with Gasteiger partial charge in [-0.25, -0.2) is 0 Å². The highest BCUT2D eigenvalue weighted by molar-refractivity contribution is 5.99. The molecule has 70 valence electrons. The van der Waals surface area contributed by atoms with E-state index in [1.54, 1.807) is 0 Å². The Labute approximate surface area is 78.8 Å². The first-order valence-electron chi connectivity index (χ1n) is 4.46. The highest BCUT2D eigenvalue weighted by Crippen LogP contribution is 2.19. The fraction of sp³-hybridized carbons (Fsp3) is 0.364. The maximum absolute atomic E-state index is 11.1. The molecule has 0 saturated carbocycles. The number of aryl methyl sites for hydroxylation is 2. The second-order valence-electron chi connectivity index (χ2n) is 3.28. The summed E-state index contributed by atoms with van der Waals surface area (Å²) in [5.41, 5.74) is 9.32. The average molecular weight is 177 g/mol. The van der Waals surface area contributed by atoms with E-state index in [0.717, 1.165) is 12.0 Å². The summed E-state index contributed by atoms with van der Waals surface area (Å²) in [5, 5.41) is 0. The molecule has 0 saturated heterocycles. The molecule has 1 aromatic carbocycles. The van der Waals surface area contributed by atoms with Crippen LogP contribution in [0.4, 0.5) is 5.69 Å². The molecule has 0 aliphatic heterocycles. The van der Waals surface area contributed by atoms with Crippen molar-refractivity contribution in [3.05, 3.63) is 28.8 Å². The monoisotopic (exact) mass is 177 g/mol. The van der Waals surface area contributed by atoms with Crippen molar-refractivity contribution >= 4 is 11.5 Å². The summed E-state index contributed by atoms with van der Waals surface area (Å²) >= 11 is 0. The van der Waals surface area contributed by atoms with Gasteiger partial charge in [0.25, 0.3) is 0 Å². The minimum Gasteiger partial charge on any atom is -0.398 e. The van der Waals surface area contributed by atoms with Gasteiger partial charge in [-0.05, 0) is 43.5 Å². The fourth-order valence-electron chi connectivity index (χ4n) is 1.46. The molecule has 0 unspecified atom stereocenters. The summed E-state index contributed by atoms with van der Waals surface area (Å²) in [4.78, 5) is 11.1. The van der Waals surface area contributed by atoms with Crippen molar-refractivity contribution in [2.45, 2.75) is 27.2 Å². The first kappa shape index (κ1) is 9.78. The van der Waals surface area contributed by atoms with Crippen LogP contribution in [0, 0.1) is 6.92 Å². The van der Waals surface area contributed by atoms with E-state index in [1.165, 1.54) is 12.5 Å². The van der Waals surface area contributed by atoms with Gasteiger partial charge in [-0.1, -0.05) is 6.92 Å². The minimum atomic E-state index is 0.0308. The lowest BCUT2D eigenvalue weighted by Crippen LogP contribution is -2.02.